The van der Waals surface area contributed by atoms with Gasteiger partial charge in [-0.1, -0.05) is 85.8 Å². The summed E-state index contributed by atoms with van der Waals surface area (Å²) in [6, 6.07) is 7.09. The monoisotopic (exact) mass is 429 g/mol. The first kappa shape index (κ1) is 25.7. The first-order valence-corrected chi connectivity index (χ1v) is 12.8. The standard InChI is InChI=1S/C28H47NO2/c1-7-27(3,4)22-18-19-25(24(21-22)28(5,6)8-2)31-20-14-17-26(30)29-23-15-12-10-9-11-13-16-23/h18-19,21,23H,7-17,20H2,1-6H3,(H,29,30). The van der Waals surface area contributed by atoms with Crippen LogP contribution in [0.4, 0.5) is 0 Å². The maximum Gasteiger partial charge on any atom is 0.220 e. The van der Waals surface area contributed by atoms with Crippen LogP contribution in [0.25, 0.3) is 0 Å². The molecule has 0 spiro atoms. The fourth-order valence-corrected chi connectivity index (χ4v) is 4.32. The first-order valence-electron chi connectivity index (χ1n) is 12.8. The Kier molecular flexibility index (Phi) is 9.90. The molecule has 0 bridgehead atoms. The Balaban J connectivity index is 1.92. The van der Waals surface area contributed by atoms with Gasteiger partial charge in [0.05, 0.1) is 6.61 Å². The summed E-state index contributed by atoms with van der Waals surface area (Å²) in [6.45, 7) is 14.3. The fraction of sp³-hybridized carbons (Fsp3) is 0.750. The molecule has 1 aromatic rings. The highest BCUT2D eigenvalue weighted by molar-refractivity contribution is 5.76. The highest BCUT2D eigenvalue weighted by Gasteiger charge is 2.26. The van der Waals surface area contributed by atoms with Crippen LogP contribution in [0.15, 0.2) is 18.2 Å². The maximum absolute atomic E-state index is 12.4. The van der Waals surface area contributed by atoms with Gasteiger partial charge in [0.2, 0.25) is 5.91 Å². The molecular weight excluding hydrogens is 382 g/mol. The van der Waals surface area contributed by atoms with Crippen LogP contribution in [-0.2, 0) is 15.6 Å². The Hall–Kier alpha value is -1.51. The van der Waals surface area contributed by atoms with Crippen LogP contribution in [0.2, 0.25) is 0 Å². The van der Waals surface area contributed by atoms with Crippen LogP contribution in [-0.4, -0.2) is 18.6 Å². The molecule has 0 atom stereocenters. The molecule has 0 radical (unpaired) electrons. The molecule has 1 fully saturated rings. The molecule has 0 aromatic heterocycles. The predicted molar refractivity (Wildman–Crippen MR) is 132 cm³/mol. The third-order valence-electron chi connectivity index (χ3n) is 7.53. The van der Waals surface area contributed by atoms with Gasteiger partial charge in [0.25, 0.3) is 0 Å². The van der Waals surface area contributed by atoms with Crippen LogP contribution in [0, 0.1) is 0 Å². The zero-order valence-electron chi connectivity index (χ0n) is 21.1. The molecule has 31 heavy (non-hydrogen) atoms. The Morgan fingerprint density at radius 2 is 1.58 bits per heavy atom. The number of hydrogen-bond acceptors (Lipinski definition) is 2. The summed E-state index contributed by atoms with van der Waals surface area (Å²) in [5, 5.41) is 3.27. The topological polar surface area (TPSA) is 38.3 Å². The molecule has 0 unspecified atom stereocenters. The van der Waals surface area contributed by atoms with Crippen molar-refractivity contribution in [3.63, 3.8) is 0 Å². The number of amides is 1. The Morgan fingerprint density at radius 1 is 0.968 bits per heavy atom. The van der Waals surface area contributed by atoms with Gasteiger partial charge in [-0.25, -0.2) is 0 Å². The SMILES string of the molecule is CCC(C)(C)c1ccc(OCCCC(=O)NC2CCCCCCC2)c(C(C)(C)CC)c1. The molecule has 1 N–H and O–H groups in total. The largest absolute Gasteiger partial charge is 0.493 e. The summed E-state index contributed by atoms with van der Waals surface area (Å²) >= 11 is 0. The first-order chi connectivity index (χ1) is 14.7. The van der Waals surface area contributed by atoms with Gasteiger partial charge in [-0.3, -0.25) is 4.79 Å². The van der Waals surface area contributed by atoms with Crippen LogP contribution >= 0.6 is 0 Å². The molecule has 1 aliphatic rings. The van der Waals surface area contributed by atoms with Crippen molar-refractivity contribution in [3.8, 4) is 5.75 Å². The summed E-state index contributed by atoms with van der Waals surface area (Å²) in [5.41, 5.74) is 2.88. The van der Waals surface area contributed by atoms with Crippen molar-refractivity contribution in [2.45, 2.75) is 129 Å². The zero-order chi connectivity index (χ0) is 22.9. The number of hydrogen-bond donors (Lipinski definition) is 1. The van der Waals surface area contributed by atoms with Crippen molar-refractivity contribution in [2.24, 2.45) is 0 Å². The molecule has 1 amide bonds. The van der Waals surface area contributed by atoms with E-state index in [4.69, 9.17) is 4.74 Å². The molecule has 0 heterocycles. The number of ether oxygens (including phenoxy) is 1. The third kappa shape index (κ3) is 7.84. The smallest absolute Gasteiger partial charge is 0.220 e. The van der Waals surface area contributed by atoms with Gasteiger partial charge in [0.1, 0.15) is 5.75 Å². The highest BCUT2D eigenvalue weighted by atomic mass is 16.5. The van der Waals surface area contributed by atoms with E-state index < -0.39 is 0 Å². The van der Waals surface area contributed by atoms with Crippen molar-refractivity contribution in [1.29, 1.82) is 0 Å². The number of nitrogens with one attached hydrogen (secondary N) is 1. The summed E-state index contributed by atoms with van der Waals surface area (Å²) in [4.78, 5) is 12.4. The molecular formula is C28H47NO2. The minimum absolute atomic E-state index is 0.0603. The normalized spacial score (nSPS) is 16.5. The molecule has 1 saturated carbocycles. The third-order valence-corrected chi connectivity index (χ3v) is 7.53. The molecule has 0 aliphatic heterocycles. The second-order valence-electron chi connectivity index (χ2n) is 10.7. The number of carbonyl (C=O) groups is 1. The quantitative estimate of drug-likeness (QED) is 0.392. The van der Waals surface area contributed by atoms with E-state index in [-0.39, 0.29) is 16.7 Å². The molecule has 3 heteroatoms. The lowest BCUT2D eigenvalue weighted by atomic mass is 9.76. The summed E-state index contributed by atoms with van der Waals surface area (Å²) < 4.78 is 6.22. The second-order valence-corrected chi connectivity index (χ2v) is 10.7. The highest BCUT2D eigenvalue weighted by Crippen LogP contribution is 2.38. The van der Waals surface area contributed by atoms with Gasteiger partial charge >= 0.3 is 0 Å². The van der Waals surface area contributed by atoms with E-state index in [9.17, 15) is 4.79 Å². The molecule has 1 aromatic carbocycles. The molecule has 3 nitrogen and oxygen atoms in total. The van der Waals surface area contributed by atoms with Crippen LogP contribution in [0.3, 0.4) is 0 Å². The summed E-state index contributed by atoms with van der Waals surface area (Å²) in [6.07, 6.45) is 12.2. The van der Waals surface area contributed by atoms with Crippen molar-refractivity contribution in [1.82, 2.24) is 5.32 Å². The average molecular weight is 430 g/mol. The van der Waals surface area contributed by atoms with Gasteiger partial charge in [-0.2, -0.15) is 0 Å². The zero-order valence-corrected chi connectivity index (χ0v) is 21.1. The number of benzene rings is 1. The van der Waals surface area contributed by atoms with Crippen LogP contribution in [0.5, 0.6) is 5.75 Å². The second kappa shape index (κ2) is 11.9. The molecule has 1 aliphatic carbocycles. The number of rotatable bonds is 10. The fourth-order valence-electron chi connectivity index (χ4n) is 4.32. The van der Waals surface area contributed by atoms with E-state index in [0.29, 0.717) is 19.1 Å². The van der Waals surface area contributed by atoms with Crippen LogP contribution < -0.4 is 10.1 Å². The lowest BCUT2D eigenvalue weighted by molar-refractivity contribution is -0.122. The van der Waals surface area contributed by atoms with Crippen LogP contribution in [0.1, 0.15) is 123 Å². The van der Waals surface area contributed by atoms with E-state index in [1.54, 1.807) is 0 Å². The van der Waals surface area contributed by atoms with E-state index in [1.165, 1.54) is 43.2 Å². The molecule has 2 rings (SSSR count). The Morgan fingerprint density at radius 3 is 2.19 bits per heavy atom. The van der Waals surface area contributed by atoms with Crippen molar-refractivity contribution >= 4 is 5.91 Å². The Bertz CT molecular complexity index is 684. The minimum atomic E-state index is 0.0603. The van der Waals surface area contributed by atoms with Gasteiger partial charge in [-0.15, -0.1) is 0 Å². The lowest BCUT2D eigenvalue weighted by Crippen LogP contribution is -2.35. The van der Waals surface area contributed by atoms with E-state index >= 15 is 0 Å². The van der Waals surface area contributed by atoms with Gasteiger partial charge < -0.3 is 10.1 Å². The average Bonchev–Trinajstić information content (AvgIpc) is 2.73. The Labute approximate surface area is 191 Å². The number of carbonyl (C=O) groups excluding carboxylic acids is 1. The summed E-state index contributed by atoms with van der Waals surface area (Å²) in [7, 11) is 0. The lowest BCUT2D eigenvalue weighted by Gasteiger charge is -2.30. The maximum atomic E-state index is 12.4. The van der Waals surface area contributed by atoms with E-state index in [1.807, 2.05) is 0 Å². The van der Waals surface area contributed by atoms with Gasteiger partial charge in [-0.05, 0) is 54.6 Å². The van der Waals surface area contributed by atoms with Gasteiger partial charge in [0.15, 0.2) is 0 Å². The van der Waals surface area contributed by atoms with Crippen molar-refractivity contribution in [3.05, 3.63) is 29.3 Å². The predicted octanol–water partition coefficient (Wildman–Crippen LogP) is 7.45. The minimum Gasteiger partial charge on any atom is -0.493 e. The summed E-state index contributed by atoms with van der Waals surface area (Å²) in [5.74, 6) is 1.16. The molecule has 176 valence electrons. The van der Waals surface area contributed by atoms with E-state index in [2.05, 4.69) is 65.1 Å². The van der Waals surface area contributed by atoms with Gasteiger partial charge in [0, 0.05) is 18.0 Å². The van der Waals surface area contributed by atoms with E-state index in [0.717, 1.165) is 37.9 Å². The molecule has 0 saturated heterocycles. The van der Waals surface area contributed by atoms with Crippen molar-refractivity contribution in [2.75, 3.05) is 6.61 Å². The van der Waals surface area contributed by atoms with Crippen molar-refractivity contribution < 1.29 is 9.53 Å².